The molecular formula is C13H25NO4. The number of hydrogen-bond acceptors (Lipinski definition) is 4. The second-order valence-electron chi connectivity index (χ2n) is 5.37. The van der Waals surface area contributed by atoms with Crippen molar-refractivity contribution < 1.29 is 19.4 Å². The molecule has 5 nitrogen and oxygen atoms in total. The normalized spacial score (nSPS) is 25.7. The summed E-state index contributed by atoms with van der Waals surface area (Å²) < 4.78 is 10.9. The maximum Gasteiger partial charge on any atom is 0.222 e. The topological polar surface area (TPSA) is 67.8 Å². The molecule has 5 heteroatoms. The average molecular weight is 259 g/mol. The van der Waals surface area contributed by atoms with Crippen molar-refractivity contribution in [1.29, 1.82) is 0 Å². The van der Waals surface area contributed by atoms with Crippen LogP contribution in [-0.2, 0) is 14.3 Å². The molecule has 1 aliphatic heterocycles. The highest BCUT2D eigenvalue weighted by Gasteiger charge is 2.36. The Morgan fingerprint density at radius 1 is 1.56 bits per heavy atom. The second kappa shape index (κ2) is 6.50. The summed E-state index contributed by atoms with van der Waals surface area (Å²) in [5, 5.41) is 12.7. The van der Waals surface area contributed by atoms with Crippen LogP contribution in [-0.4, -0.2) is 42.2 Å². The van der Waals surface area contributed by atoms with Gasteiger partial charge in [-0.05, 0) is 20.3 Å². The van der Waals surface area contributed by atoms with Crippen molar-refractivity contribution in [3.05, 3.63) is 0 Å². The predicted molar refractivity (Wildman–Crippen MR) is 68.0 cm³/mol. The monoisotopic (exact) mass is 259 g/mol. The van der Waals surface area contributed by atoms with Crippen molar-refractivity contribution in [1.82, 2.24) is 5.32 Å². The van der Waals surface area contributed by atoms with Gasteiger partial charge in [0.1, 0.15) is 6.10 Å². The van der Waals surface area contributed by atoms with Gasteiger partial charge in [0, 0.05) is 12.5 Å². The van der Waals surface area contributed by atoms with E-state index in [1.165, 1.54) is 0 Å². The molecule has 106 valence electrons. The van der Waals surface area contributed by atoms with E-state index in [2.05, 4.69) is 5.32 Å². The van der Waals surface area contributed by atoms with Gasteiger partial charge in [0.2, 0.25) is 5.91 Å². The van der Waals surface area contributed by atoms with E-state index in [-0.39, 0.29) is 24.5 Å². The molecule has 3 atom stereocenters. The van der Waals surface area contributed by atoms with E-state index in [9.17, 15) is 9.90 Å². The molecule has 1 heterocycles. The van der Waals surface area contributed by atoms with Gasteiger partial charge in [-0.25, -0.2) is 0 Å². The van der Waals surface area contributed by atoms with Gasteiger partial charge < -0.3 is 19.9 Å². The lowest BCUT2D eigenvalue weighted by molar-refractivity contribution is -0.150. The number of nitrogens with one attached hydrogen (secondary N) is 1. The third-order valence-corrected chi connectivity index (χ3v) is 3.11. The fourth-order valence-electron chi connectivity index (χ4n) is 1.98. The minimum Gasteiger partial charge on any atom is -0.388 e. The van der Waals surface area contributed by atoms with Crippen LogP contribution in [0.5, 0.6) is 0 Å². The van der Waals surface area contributed by atoms with Crippen molar-refractivity contribution in [3.8, 4) is 0 Å². The summed E-state index contributed by atoms with van der Waals surface area (Å²) in [5.41, 5.74) is 0. The van der Waals surface area contributed by atoms with E-state index < -0.39 is 11.9 Å². The van der Waals surface area contributed by atoms with Crippen LogP contribution in [0.1, 0.15) is 40.5 Å². The Morgan fingerprint density at radius 3 is 2.72 bits per heavy atom. The van der Waals surface area contributed by atoms with Gasteiger partial charge in [-0.1, -0.05) is 20.3 Å². The smallest absolute Gasteiger partial charge is 0.222 e. The van der Waals surface area contributed by atoms with Gasteiger partial charge in [0.15, 0.2) is 5.79 Å². The largest absolute Gasteiger partial charge is 0.388 e. The Hall–Kier alpha value is -0.650. The van der Waals surface area contributed by atoms with Gasteiger partial charge in [-0.15, -0.1) is 0 Å². The Morgan fingerprint density at radius 2 is 2.22 bits per heavy atom. The lowest BCUT2D eigenvalue weighted by atomic mass is 10.1. The number of rotatable bonds is 6. The molecule has 0 spiro atoms. The summed E-state index contributed by atoms with van der Waals surface area (Å²) in [5.74, 6) is -0.681. The maximum atomic E-state index is 11.7. The number of amides is 1. The predicted octanol–water partition coefficient (Wildman–Crippen LogP) is 1.05. The Bertz CT molecular complexity index is 280. The van der Waals surface area contributed by atoms with Crippen LogP contribution >= 0.6 is 0 Å². The van der Waals surface area contributed by atoms with Crippen LogP contribution in [0.4, 0.5) is 0 Å². The Balaban J connectivity index is 2.29. The summed E-state index contributed by atoms with van der Waals surface area (Å²) in [4.78, 5) is 11.7. The van der Waals surface area contributed by atoms with Crippen LogP contribution in [0.2, 0.25) is 0 Å². The first-order chi connectivity index (χ1) is 8.35. The number of aliphatic hydroxyl groups is 1. The Kier molecular flexibility index (Phi) is 5.56. The lowest BCUT2D eigenvalue weighted by Crippen LogP contribution is -2.42. The summed E-state index contributed by atoms with van der Waals surface area (Å²) in [6.07, 6.45) is 0.731. The van der Waals surface area contributed by atoms with Crippen molar-refractivity contribution >= 4 is 5.91 Å². The first-order valence-corrected chi connectivity index (χ1v) is 6.63. The van der Waals surface area contributed by atoms with E-state index in [4.69, 9.17) is 9.47 Å². The summed E-state index contributed by atoms with van der Waals surface area (Å²) in [6.45, 7) is 8.11. The zero-order valence-electron chi connectivity index (χ0n) is 11.7. The molecular weight excluding hydrogens is 234 g/mol. The van der Waals surface area contributed by atoms with Gasteiger partial charge in [-0.2, -0.15) is 0 Å². The molecule has 0 radical (unpaired) electrons. The van der Waals surface area contributed by atoms with Crippen molar-refractivity contribution in [2.24, 2.45) is 5.92 Å². The number of ether oxygens (including phenoxy) is 2. The first-order valence-electron chi connectivity index (χ1n) is 6.63. The van der Waals surface area contributed by atoms with E-state index in [0.29, 0.717) is 6.61 Å². The van der Waals surface area contributed by atoms with Crippen molar-refractivity contribution in [2.45, 2.75) is 58.5 Å². The second-order valence-corrected chi connectivity index (χ2v) is 5.37. The minimum atomic E-state index is -0.732. The number of carbonyl (C=O) groups excluding carboxylic acids is 1. The van der Waals surface area contributed by atoms with E-state index in [1.807, 2.05) is 27.7 Å². The highest BCUT2D eigenvalue weighted by atomic mass is 16.7. The van der Waals surface area contributed by atoms with Crippen molar-refractivity contribution in [3.63, 3.8) is 0 Å². The zero-order valence-corrected chi connectivity index (χ0v) is 11.7. The molecule has 0 aromatic rings. The van der Waals surface area contributed by atoms with Gasteiger partial charge in [0.05, 0.1) is 12.7 Å². The fourth-order valence-corrected chi connectivity index (χ4v) is 1.98. The van der Waals surface area contributed by atoms with Crippen LogP contribution < -0.4 is 5.32 Å². The summed E-state index contributed by atoms with van der Waals surface area (Å²) in [7, 11) is 0. The van der Waals surface area contributed by atoms with Crippen LogP contribution in [0.25, 0.3) is 0 Å². The molecule has 1 fully saturated rings. The lowest BCUT2D eigenvalue weighted by Gasteiger charge is -2.21. The Labute approximate surface area is 109 Å². The molecule has 2 N–H and O–H groups in total. The van der Waals surface area contributed by atoms with E-state index in [1.54, 1.807) is 0 Å². The fraction of sp³-hybridized carbons (Fsp3) is 0.923. The molecule has 0 saturated carbocycles. The quantitative estimate of drug-likeness (QED) is 0.748. The van der Waals surface area contributed by atoms with Gasteiger partial charge >= 0.3 is 0 Å². The highest BCUT2D eigenvalue weighted by molar-refractivity contribution is 5.78. The standard InChI is InChI=1S/C13H25NO4/c1-5-6-9(2)12(16)14-7-10(15)11-8-17-13(3,4)18-11/h9-11,15H,5-8H2,1-4H3,(H,14,16). The minimum absolute atomic E-state index is 0.0145. The molecule has 0 aliphatic carbocycles. The van der Waals surface area contributed by atoms with Gasteiger partial charge in [-0.3, -0.25) is 4.79 Å². The molecule has 1 rings (SSSR count). The SMILES string of the molecule is CCCC(C)C(=O)NCC(O)C1COC(C)(C)O1. The summed E-state index contributed by atoms with van der Waals surface area (Å²) >= 11 is 0. The van der Waals surface area contributed by atoms with E-state index in [0.717, 1.165) is 12.8 Å². The molecule has 3 unspecified atom stereocenters. The van der Waals surface area contributed by atoms with E-state index >= 15 is 0 Å². The van der Waals surface area contributed by atoms with Crippen LogP contribution in [0.15, 0.2) is 0 Å². The molecule has 1 aliphatic rings. The molecule has 1 saturated heterocycles. The molecule has 0 bridgehead atoms. The van der Waals surface area contributed by atoms with Crippen LogP contribution in [0, 0.1) is 5.92 Å². The first kappa shape index (κ1) is 15.4. The summed E-state index contributed by atoms with van der Waals surface area (Å²) in [6, 6.07) is 0. The van der Waals surface area contributed by atoms with Gasteiger partial charge in [0.25, 0.3) is 0 Å². The highest BCUT2D eigenvalue weighted by Crippen LogP contribution is 2.23. The molecule has 0 aromatic carbocycles. The van der Waals surface area contributed by atoms with Crippen molar-refractivity contribution in [2.75, 3.05) is 13.2 Å². The van der Waals surface area contributed by atoms with Crippen LogP contribution in [0.3, 0.4) is 0 Å². The molecule has 18 heavy (non-hydrogen) atoms. The number of hydrogen-bond donors (Lipinski definition) is 2. The number of carbonyl (C=O) groups is 1. The molecule has 1 amide bonds. The molecule has 0 aromatic heterocycles. The number of aliphatic hydroxyl groups excluding tert-OH is 1. The third-order valence-electron chi connectivity index (χ3n) is 3.11. The maximum absolute atomic E-state index is 11.7. The third kappa shape index (κ3) is 4.55. The average Bonchev–Trinajstić information content (AvgIpc) is 2.66. The zero-order chi connectivity index (χ0) is 13.8.